The fraction of sp³-hybridized carbons (Fsp3) is 0.650. The molecule has 0 heterocycles. The van der Waals surface area contributed by atoms with Crippen molar-refractivity contribution >= 4 is 21.9 Å². The number of carbonyl (C=O) groups excluding carboxylic acids is 1. The minimum atomic E-state index is -0.168. The summed E-state index contributed by atoms with van der Waals surface area (Å²) in [5.74, 6) is 0.206. The highest BCUT2D eigenvalue weighted by atomic mass is 79.9. The van der Waals surface area contributed by atoms with E-state index in [9.17, 15) is 9.90 Å². The number of ether oxygens (including phenoxy) is 1. The number of phenols is 1. The summed E-state index contributed by atoms with van der Waals surface area (Å²) in [7, 11) is 0. The van der Waals surface area contributed by atoms with Crippen molar-refractivity contribution in [1.82, 2.24) is 0 Å². The Morgan fingerprint density at radius 2 is 1.58 bits per heavy atom. The summed E-state index contributed by atoms with van der Waals surface area (Å²) in [5.41, 5.74) is 2.61. The predicted molar refractivity (Wildman–Crippen MR) is 103 cm³/mol. The van der Waals surface area contributed by atoms with E-state index in [1.54, 1.807) is 0 Å². The van der Waals surface area contributed by atoms with Crippen LogP contribution in [0.3, 0.4) is 0 Å². The van der Waals surface area contributed by atoms with Crippen molar-refractivity contribution in [2.24, 2.45) is 0 Å². The maximum Gasteiger partial charge on any atom is 0.306 e. The van der Waals surface area contributed by atoms with Gasteiger partial charge in [0.25, 0.3) is 0 Å². The summed E-state index contributed by atoms with van der Waals surface area (Å²) in [5, 5.41) is 11.5. The normalized spacial score (nSPS) is 12.3. The zero-order chi connectivity index (χ0) is 18.5. The lowest BCUT2D eigenvalue weighted by atomic mass is 9.78. The molecular formula is C20H31BrO3. The maximum absolute atomic E-state index is 11.8. The number of aryl methyl sites for hydroxylation is 1. The fourth-order valence-corrected chi connectivity index (χ4v) is 2.77. The van der Waals surface area contributed by atoms with Crippen LogP contribution in [-0.4, -0.2) is 23.0 Å². The molecule has 0 saturated carbocycles. The molecule has 0 spiro atoms. The van der Waals surface area contributed by atoms with Crippen molar-refractivity contribution in [1.29, 1.82) is 0 Å². The Bertz CT molecular complexity index is 530. The molecule has 1 N–H and O–H groups in total. The van der Waals surface area contributed by atoms with Crippen LogP contribution in [-0.2, 0) is 26.8 Å². The van der Waals surface area contributed by atoms with Gasteiger partial charge in [0, 0.05) is 11.8 Å². The van der Waals surface area contributed by atoms with Gasteiger partial charge in [0.15, 0.2) is 0 Å². The van der Waals surface area contributed by atoms with Crippen LogP contribution < -0.4 is 0 Å². The Hall–Kier alpha value is -1.03. The Labute approximate surface area is 154 Å². The van der Waals surface area contributed by atoms with E-state index in [0.29, 0.717) is 25.2 Å². The minimum Gasteiger partial charge on any atom is -0.507 e. The number of esters is 1. The van der Waals surface area contributed by atoms with Gasteiger partial charge in [-0.25, -0.2) is 0 Å². The standard InChI is InChI=1S/C20H31BrO3/c1-19(2,3)15-12-14(8-9-17(22)24-11-7-10-21)13-16(18(15)23)20(4,5)6/h12-13,23H,7-11H2,1-6H3. The summed E-state index contributed by atoms with van der Waals surface area (Å²) in [6, 6.07) is 4.05. The molecule has 1 aromatic rings. The van der Waals surface area contributed by atoms with Crippen LogP contribution >= 0.6 is 15.9 Å². The number of carbonyl (C=O) groups is 1. The summed E-state index contributed by atoms with van der Waals surface area (Å²) in [6.45, 7) is 13.0. The molecule has 24 heavy (non-hydrogen) atoms. The molecule has 0 fully saturated rings. The van der Waals surface area contributed by atoms with Crippen molar-refractivity contribution in [3.05, 3.63) is 28.8 Å². The molecule has 1 aromatic carbocycles. The predicted octanol–water partition coefficient (Wildman–Crippen LogP) is 5.25. The zero-order valence-corrected chi connectivity index (χ0v) is 17.4. The van der Waals surface area contributed by atoms with Crippen molar-refractivity contribution in [2.45, 2.75) is 71.6 Å². The van der Waals surface area contributed by atoms with Crippen molar-refractivity contribution < 1.29 is 14.6 Å². The van der Waals surface area contributed by atoms with E-state index >= 15 is 0 Å². The van der Waals surface area contributed by atoms with E-state index in [2.05, 4.69) is 57.5 Å². The maximum atomic E-state index is 11.8. The van der Waals surface area contributed by atoms with Gasteiger partial charge in [-0.05, 0) is 40.4 Å². The highest BCUT2D eigenvalue weighted by Gasteiger charge is 2.26. The molecule has 3 nitrogen and oxygen atoms in total. The average Bonchev–Trinajstić information content (AvgIpc) is 2.44. The summed E-state index contributed by atoms with van der Waals surface area (Å²) >= 11 is 3.32. The second kappa shape index (κ2) is 8.37. The third kappa shape index (κ3) is 6.12. The molecule has 0 aliphatic carbocycles. The van der Waals surface area contributed by atoms with Gasteiger partial charge in [-0.15, -0.1) is 0 Å². The molecule has 1 rings (SSSR count). The van der Waals surface area contributed by atoms with E-state index in [4.69, 9.17) is 4.74 Å². The highest BCUT2D eigenvalue weighted by Crippen LogP contribution is 2.39. The molecule has 0 aromatic heterocycles. The topological polar surface area (TPSA) is 46.5 Å². The molecule has 0 saturated heterocycles. The summed E-state index contributed by atoms with van der Waals surface area (Å²) < 4.78 is 5.20. The number of benzene rings is 1. The molecule has 0 atom stereocenters. The van der Waals surface area contributed by atoms with Crippen LogP contribution in [0.25, 0.3) is 0 Å². The van der Waals surface area contributed by atoms with Crippen LogP contribution in [0.2, 0.25) is 0 Å². The number of phenolic OH excluding ortho intramolecular Hbond substituents is 1. The average molecular weight is 399 g/mol. The Balaban J connectivity index is 3.01. The van der Waals surface area contributed by atoms with Gasteiger partial charge >= 0.3 is 5.97 Å². The van der Waals surface area contributed by atoms with Crippen molar-refractivity contribution in [2.75, 3.05) is 11.9 Å². The van der Waals surface area contributed by atoms with E-state index in [0.717, 1.165) is 28.4 Å². The smallest absolute Gasteiger partial charge is 0.306 e. The SMILES string of the molecule is CC(C)(C)c1cc(CCC(=O)OCCCBr)cc(C(C)(C)C)c1O. The van der Waals surface area contributed by atoms with Crippen molar-refractivity contribution in [3.8, 4) is 5.75 Å². The fourth-order valence-electron chi connectivity index (χ4n) is 2.54. The van der Waals surface area contributed by atoms with Gasteiger partial charge in [-0.1, -0.05) is 69.6 Å². The van der Waals surface area contributed by atoms with Gasteiger partial charge in [0.2, 0.25) is 0 Å². The number of rotatable bonds is 6. The first-order valence-corrected chi connectivity index (χ1v) is 9.67. The Morgan fingerprint density at radius 1 is 1.08 bits per heavy atom. The molecule has 0 bridgehead atoms. The number of halogens is 1. The van der Waals surface area contributed by atoms with Crippen LogP contribution in [0.15, 0.2) is 12.1 Å². The third-order valence-electron chi connectivity index (χ3n) is 3.94. The van der Waals surface area contributed by atoms with E-state index in [1.807, 2.05) is 12.1 Å². The second-order valence-corrected chi connectivity index (χ2v) is 9.10. The molecule has 136 valence electrons. The van der Waals surface area contributed by atoms with Crippen LogP contribution in [0, 0.1) is 0 Å². The second-order valence-electron chi connectivity index (χ2n) is 8.30. The zero-order valence-electron chi connectivity index (χ0n) is 15.8. The van der Waals surface area contributed by atoms with E-state index in [-0.39, 0.29) is 16.8 Å². The minimum absolute atomic E-state index is 0.156. The lowest BCUT2D eigenvalue weighted by Gasteiger charge is -2.28. The van der Waals surface area contributed by atoms with E-state index < -0.39 is 0 Å². The number of hydrogen-bond acceptors (Lipinski definition) is 3. The Morgan fingerprint density at radius 3 is 2.00 bits per heavy atom. The van der Waals surface area contributed by atoms with Gasteiger partial charge < -0.3 is 9.84 Å². The number of aromatic hydroxyl groups is 1. The van der Waals surface area contributed by atoms with Crippen LogP contribution in [0.5, 0.6) is 5.75 Å². The van der Waals surface area contributed by atoms with Crippen LogP contribution in [0.4, 0.5) is 0 Å². The van der Waals surface area contributed by atoms with Crippen LogP contribution in [0.1, 0.15) is 71.1 Å². The molecule has 0 aliphatic rings. The van der Waals surface area contributed by atoms with Gasteiger partial charge in [-0.2, -0.15) is 0 Å². The quantitative estimate of drug-likeness (QED) is 0.404. The lowest BCUT2D eigenvalue weighted by Crippen LogP contribution is -2.18. The first kappa shape index (κ1) is 21.0. The summed E-state index contributed by atoms with van der Waals surface area (Å²) in [4.78, 5) is 11.8. The monoisotopic (exact) mass is 398 g/mol. The number of hydrogen-bond donors (Lipinski definition) is 1. The number of alkyl halides is 1. The van der Waals surface area contributed by atoms with Gasteiger partial charge in [0.05, 0.1) is 6.61 Å². The molecular weight excluding hydrogens is 368 g/mol. The van der Waals surface area contributed by atoms with Gasteiger partial charge in [-0.3, -0.25) is 4.79 Å². The summed E-state index contributed by atoms with van der Waals surface area (Å²) in [6.07, 6.45) is 1.81. The molecule has 0 amide bonds. The molecule has 4 heteroatoms. The first-order valence-electron chi connectivity index (χ1n) is 8.55. The van der Waals surface area contributed by atoms with Gasteiger partial charge in [0.1, 0.15) is 5.75 Å². The van der Waals surface area contributed by atoms with Crippen molar-refractivity contribution in [3.63, 3.8) is 0 Å². The molecule has 0 unspecified atom stereocenters. The Kier molecular flexibility index (Phi) is 7.33. The molecule has 0 radical (unpaired) electrons. The highest BCUT2D eigenvalue weighted by molar-refractivity contribution is 9.09. The largest absolute Gasteiger partial charge is 0.507 e. The molecule has 0 aliphatic heterocycles. The van der Waals surface area contributed by atoms with E-state index in [1.165, 1.54) is 0 Å². The lowest BCUT2D eigenvalue weighted by molar-refractivity contribution is -0.143. The third-order valence-corrected chi connectivity index (χ3v) is 4.51. The first-order chi connectivity index (χ1) is 11.0.